The molecule has 1 aromatic heterocycles. The van der Waals surface area contributed by atoms with Crippen molar-refractivity contribution in [1.82, 2.24) is 9.55 Å². The molecule has 0 aliphatic rings. The van der Waals surface area contributed by atoms with E-state index in [9.17, 15) is 13.2 Å². The number of nitrogen functional groups attached to an aromatic ring is 1. The Morgan fingerprint density at radius 1 is 1.00 bits per heavy atom. The number of aromatic nitrogens is 2. The molecule has 2 aromatic carbocycles. The van der Waals surface area contributed by atoms with Gasteiger partial charge in [-0.15, -0.1) is 0 Å². The second-order valence-electron chi connectivity index (χ2n) is 4.19. The quantitative estimate of drug-likeness (QED) is 0.744. The molecule has 7 heteroatoms. The Bertz CT molecular complexity index is 809. The molecule has 20 heavy (non-hydrogen) atoms. The van der Waals surface area contributed by atoms with E-state index in [4.69, 9.17) is 17.3 Å². The van der Waals surface area contributed by atoms with Gasteiger partial charge in [0, 0.05) is 12.1 Å². The Hall–Kier alpha value is -2.21. The van der Waals surface area contributed by atoms with Gasteiger partial charge in [0.15, 0.2) is 0 Å². The summed E-state index contributed by atoms with van der Waals surface area (Å²) in [4.78, 5) is 4.00. The third kappa shape index (κ3) is 1.98. The number of rotatable bonds is 1. The predicted molar refractivity (Wildman–Crippen MR) is 70.4 cm³/mol. The highest BCUT2D eigenvalue weighted by molar-refractivity contribution is 6.31. The van der Waals surface area contributed by atoms with Gasteiger partial charge >= 0.3 is 0 Å². The minimum absolute atomic E-state index is 0.0216. The van der Waals surface area contributed by atoms with Crippen molar-refractivity contribution < 1.29 is 13.2 Å². The summed E-state index contributed by atoms with van der Waals surface area (Å²) in [6.45, 7) is 0. The molecule has 0 amide bonds. The van der Waals surface area contributed by atoms with Gasteiger partial charge < -0.3 is 5.73 Å². The summed E-state index contributed by atoms with van der Waals surface area (Å²) in [7, 11) is 0. The molecule has 3 nitrogen and oxygen atoms in total. The molecule has 102 valence electrons. The summed E-state index contributed by atoms with van der Waals surface area (Å²) in [6.07, 6.45) is 0. The number of nitrogens with two attached hydrogens (primary N) is 1. The van der Waals surface area contributed by atoms with Gasteiger partial charge in [-0.1, -0.05) is 11.6 Å². The van der Waals surface area contributed by atoms with E-state index < -0.39 is 17.5 Å². The number of imidazole rings is 1. The van der Waals surface area contributed by atoms with Crippen LogP contribution in [0.15, 0.2) is 30.3 Å². The van der Waals surface area contributed by atoms with Crippen LogP contribution in [0.25, 0.3) is 16.7 Å². The molecule has 0 saturated heterocycles. The van der Waals surface area contributed by atoms with Gasteiger partial charge in [0.25, 0.3) is 0 Å². The zero-order valence-electron chi connectivity index (χ0n) is 9.87. The Balaban J connectivity index is 2.35. The lowest BCUT2D eigenvalue weighted by molar-refractivity contribution is 0.582. The van der Waals surface area contributed by atoms with Gasteiger partial charge in [-0.3, -0.25) is 4.57 Å². The summed E-state index contributed by atoms with van der Waals surface area (Å²) >= 11 is 5.66. The fourth-order valence-electron chi connectivity index (χ4n) is 2.03. The number of halogens is 4. The SMILES string of the molecule is Nc1nc2cc(Cl)c(F)cc2n1-c1cc(F)cc(F)c1. The summed E-state index contributed by atoms with van der Waals surface area (Å²) < 4.78 is 41.4. The van der Waals surface area contributed by atoms with Crippen molar-refractivity contribution >= 4 is 28.6 Å². The second kappa shape index (κ2) is 4.42. The standard InChI is InChI=1S/C13H7ClF3N3/c14-9-4-11-12(5-10(9)17)20(13(18)19-11)8-2-6(15)1-7(16)3-8/h1-5H,(H2,18,19). The minimum atomic E-state index is -0.768. The van der Waals surface area contributed by atoms with Crippen LogP contribution in [0.3, 0.4) is 0 Å². The first kappa shape index (κ1) is 12.8. The summed E-state index contributed by atoms with van der Waals surface area (Å²) in [6, 6.07) is 5.30. The number of hydrogen-bond acceptors (Lipinski definition) is 2. The molecule has 0 saturated carbocycles. The molecule has 0 bridgehead atoms. The molecule has 2 N–H and O–H groups in total. The van der Waals surface area contributed by atoms with Gasteiger partial charge in [-0.25, -0.2) is 18.2 Å². The van der Waals surface area contributed by atoms with Gasteiger partial charge in [-0.2, -0.15) is 0 Å². The molecule has 0 spiro atoms. The van der Waals surface area contributed by atoms with Crippen molar-refractivity contribution in [2.75, 3.05) is 5.73 Å². The molecule has 3 aromatic rings. The zero-order valence-corrected chi connectivity index (χ0v) is 10.6. The van der Waals surface area contributed by atoms with Crippen molar-refractivity contribution in [3.05, 3.63) is 52.8 Å². The first-order valence-electron chi connectivity index (χ1n) is 5.55. The predicted octanol–water partition coefficient (Wildman–Crippen LogP) is 3.68. The Morgan fingerprint density at radius 2 is 1.65 bits per heavy atom. The van der Waals surface area contributed by atoms with E-state index in [1.54, 1.807) is 0 Å². The lowest BCUT2D eigenvalue weighted by atomic mass is 10.2. The number of hydrogen-bond donors (Lipinski definition) is 1. The molecular formula is C13H7ClF3N3. The minimum Gasteiger partial charge on any atom is -0.369 e. The van der Waals surface area contributed by atoms with Gasteiger partial charge in [0.05, 0.1) is 21.7 Å². The Kier molecular flexibility index (Phi) is 2.83. The second-order valence-corrected chi connectivity index (χ2v) is 4.60. The van der Waals surface area contributed by atoms with Crippen molar-refractivity contribution in [3.63, 3.8) is 0 Å². The fourth-order valence-corrected chi connectivity index (χ4v) is 2.19. The average Bonchev–Trinajstić information content (AvgIpc) is 2.64. The third-order valence-corrected chi connectivity index (χ3v) is 3.12. The molecule has 0 radical (unpaired) electrons. The van der Waals surface area contributed by atoms with Gasteiger partial charge in [0.2, 0.25) is 5.95 Å². The van der Waals surface area contributed by atoms with Crippen LogP contribution in [-0.2, 0) is 0 Å². The normalized spacial score (nSPS) is 11.2. The highest BCUT2D eigenvalue weighted by Gasteiger charge is 2.14. The van der Waals surface area contributed by atoms with Crippen LogP contribution < -0.4 is 5.73 Å². The summed E-state index contributed by atoms with van der Waals surface area (Å²) in [5.74, 6) is -2.23. The van der Waals surface area contributed by atoms with Crippen LogP contribution in [0.4, 0.5) is 19.1 Å². The fraction of sp³-hybridized carbons (Fsp3) is 0. The van der Waals surface area contributed by atoms with E-state index in [0.717, 1.165) is 24.3 Å². The highest BCUT2D eigenvalue weighted by atomic mass is 35.5. The van der Waals surface area contributed by atoms with E-state index in [1.807, 2.05) is 0 Å². The molecule has 0 unspecified atom stereocenters. The third-order valence-electron chi connectivity index (χ3n) is 2.83. The zero-order chi connectivity index (χ0) is 14.4. The Morgan fingerprint density at radius 3 is 2.30 bits per heavy atom. The van der Waals surface area contributed by atoms with Crippen LogP contribution in [-0.4, -0.2) is 9.55 Å². The maximum atomic E-state index is 13.6. The van der Waals surface area contributed by atoms with Crippen LogP contribution in [0, 0.1) is 17.5 Å². The van der Waals surface area contributed by atoms with E-state index in [0.29, 0.717) is 5.52 Å². The largest absolute Gasteiger partial charge is 0.369 e. The summed E-state index contributed by atoms with van der Waals surface area (Å²) in [5, 5.41) is -0.104. The van der Waals surface area contributed by atoms with E-state index in [-0.39, 0.29) is 22.2 Å². The maximum absolute atomic E-state index is 13.6. The topological polar surface area (TPSA) is 43.8 Å². The van der Waals surface area contributed by atoms with E-state index in [1.165, 1.54) is 10.6 Å². The lowest BCUT2D eigenvalue weighted by Gasteiger charge is -2.07. The number of benzene rings is 2. The van der Waals surface area contributed by atoms with Crippen LogP contribution in [0.2, 0.25) is 5.02 Å². The molecule has 0 aliphatic heterocycles. The van der Waals surface area contributed by atoms with Crippen molar-refractivity contribution in [2.24, 2.45) is 0 Å². The Labute approximate surface area is 116 Å². The molecule has 0 fully saturated rings. The van der Waals surface area contributed by atoms with Crippen molar-refractivity contribution in [3.8, 4) is 5.69 Å². The average molecular weight is 298 g/mol. The van der Waals surface area contributed by atoms with Crippen LogP contribution in [0.5, 0.6) is 0 Å². The van der Waals surface area contributed by atoms with Crippen LogP contribution >= 0.6 is 11.6 Å². The number of nitrogens with zero attached hydrogens (tertiary/aromatic N) is 2. The molecule has 0 atom stereocenters. The number of fused-ring (bicyclic) bond motifs is 1. The molecule has 0 aliphatic carbocycles. The van der Waals surface area contributed by atoms with E-state index in [2.05, 4.69) is 4.98 Å². The molecule has 1 heterocycles. The van der Waals surface area contributed by atoms with Crippen molar-refractivity contribution in [1.29, 1.82) is 0 Å². The smallest absolute Gasteiger partial charge is 0.205 e. The monoisotopic (exact) mass is 297 g/mol. The maximum Gasteiger partial charge on any atom is 0.205 e. The first-order valence-corrected chi connectivity index (χ1v) is 5.93. The van der Waals surface area contributed by atoms with Crippen molar-refractivity contribution in [2.45, 2.75) is 0 Å². The molecular weight excluding hydrogens is 291 g/mol. The lowest BCUT2D eigenvalue weighted by Crippen LogP contribution is -2.01. The molecule has 3 rings (SSSR count). The van der Waals surface area contributed by atoms with Crippen LogP contribution in [0.1, 0.15) is 0 Å². The van der Waals surface area contributed by atoms with E-state index >= 15 is 0 Å². The van der Waals surface area contributed by atoms with Gasteiger partial charge in [0.1, 0.15) is 17.5 Å². The van der Waals surface area contributed by atoms with Gasteiger partial charge in [-0.05, 0) is 18.2 Å². The first-order chi connectivity index (χ1) is 9.45. The summed E-state index contributed by atoms with van der Waals surface area (Å²) in [5.41, 5.74) is 6.45. The number of anilines is 1. The highest BCUT2D eigenvalue weighted by Crippen LogP contribution is 2.28.